The van der Waals surface area contributed by atoms with Gasteiger partial charge in [-0.15, -0.1) is 0 Å². The number of nitrogens with zero attached hydrogens (tertiary/aromatic N) is 11. The van der Waals surface area contributed by atoms with Crippen LogP contribution >= 0.6 is 0 Å². The molecule has 3 heterocycles. The molecule has 0 saturated carbocycles. The minimum atomic E-state index is -0.342. The maximum absolute atomic E-state index is 16.2. The van der Waals surface area contributed by atoms with Gasteiger partial charge in [-0.3, -0.25) is 4.79 Å². The van der Waals surface area contributed by atoms with Crippen LogP contribution in [0.1, 0.15) is 39.5 Å². The molecule has 0 fully saturated rings. The minimum absolute atomic E-state index is 0.294. The van der Waals surface area contributed by atoms with Crippen molar-refractivity contribution < 1.29 is 4.79 Å². The van der Waals surface area contributed by atoms with Crippen molar-refractivity contribution >= 4 is 23.0 Å². The van der Waals surface area contributed by atoms with Crippen LogP contribution in [0.25, 0.3) is 108 Å². The summed E-state index contributed by atoms with van der Waals surface area (Å²) in [7, 11) is 0. The summed E-state index contributed by atoms with van der Waals surface area (Å²) in [6, 6.07) is 89.3. The SMILES string of the molecule is C=C(N=C(N=C(C)c1cc(C(=O)c2cc(-c3nc(-c4ccccc4)nc(-c4ccccc4)n3)cc(-c3nc(-c4ccccc4)nc(-c4ccccc4)n3)c2)cc(-c2nc(-c3ccccc3)nc(-c3ccccc3)n2)c1)c1ccccc1)c1ccccc1. The van der Waals surface area contributed by atoms with E-state index in [9.17, 15) is 0 Å². The predicted octanol–water partition coefficient (Wildman–Crippen LogP) is 16.4. The molecule has 13 rings (SSSR count). The first-order valence-corrected chi connectivity index (χ1v) is 28.2. The van der Waals surface area contributed by atoms with Crippen LogP contribution in [0.4, 0.5) is 0 Å². The molecule has 12 heteroatoms. The Morgan fingerprint density at radius 1 is 0.264 bits per heavy atom. The van der Waals surface area contributed by atoms with Crippen LogP contribution in [0.3, 0.4) is 0 Å². The molecule has 87 heavy (non-hydrogen) atoms. The molecule has 13 aromatic rings. The number of aromatic nitrogens is 9. The monoisotopic (exact) mass is 1120 g/mol. The number of hydrogen-bond donors (Lipinski definition) is 0. The van der Waals surface area contributed by atoms with E-state index in [4.69, 9.17) is 54.8 Å². The summed E-state index contributed by atoms with van der Waals surface area (Å²) in [4.78, 5) is 72.4. The first-order chi connectivity index (χ1) is 42.8. The zero-order valence-electron chi connectivity index (χ0n) is 47.1. The molecule has 0 unspecified atom stereocenters. The molecule has 3 aromatic heterocycles. The van der Waals surface area contributed by atoms with Crippen molar-refractivity contribution in [3.63, 3.8) is 0 Å². The molecule has 412 valence electrons. The fourth-order valence-electron chi connectivity index (χ4n) is 9.88. The van der Waals surface area contributed by atoms with E-state index in [2.05, 4.69) is 6.58 Å². The molecular formula is C75H51N11O. The Hall–Kier alpha value is -12.0. The second-order valence-electron chi connectivity index (χ2n) is 20.4. The van der Waals surface area contributed by atoms with Crippen LogP contribution in [0.15, 0.2) is 296 Å². The van der Waals surface area contributed by atoms with Gasteiger partial charge in [0.25, 0.3) is 0 Å². The van der Waals surface area contributed by atoms with Crippen LogP contribution in [0, 0.1) is 0 Å². The smallest absolute Gasteiger partial charge is 0.193 e. The maximum atomic E-state index is 16.2. The third kappa shape index (κ3) is 12.4. The first-order valence-electron chi connectivity index (χ1n) is 28.2. The highest BCUT2D eigenvalue weighted by Crippen LogP contribution is 2.34. The lowest BCUT2D eigenvalue weighted by molar-refractivity contribution is 0.103. The Balaban J connectivity index is 1.04. The summed E-state index contributed by atoms with van der Waals surface area (Å²) in [5, 5.41) is 0. The topological polar surface area (TPSA) is 158 Å². The van der Waals surface area contributed by atoms with Gasteiger partial charge in [0.15, 0.2) is 64.0 Å². The van der Waals surface area contributed by atoms with Gasteiger partial charge in [-0.1, -0.05) is 249 Å². The van der Waals surface area contributed by atoms with Crippen LogP contribution in [-0.4, -0.2) is 62.2 Å². The molecule has 0 bridgehead atoms. The van der Waals surface area contributed by atoms with Crippen LogP contribution in [0.2, 0.25) is 0 Å². The molecule has 0 saturated heterocycles. The van der Waals surface area contributed by atoms with Crippen molar-refractivity contribution in [2.45, 2.75) is 6.92 Å². The number of benzene rings is 10. The van der Waals surface area contributed by atoms with E-state index < -0.39 is 0 Å². The highest BCUT2D eigenvalue weighted by atomic mass is 16.1. The fourth-order valence-corrected chi connectivity index (χ4v) is 9.88. The minimum Gasteiger partial charge on any atom is -0.289 e. The van der Waals surface area contributed by atoms with Crippen LogP contribution in [0.5, 0.6) is 0 Å². The lowest BCUT2D eigenvalue weighted by Gasteiger charge is -2.14. The Bertz CT molecular complexity index is 4370. The molecule has 0 atom stereocenters. The largest absolute Gasteiger partial charge is 0.289 e. The van der Waals surface area contributed by atoms with Crippen LogP contribution in [-0.2, 0) is 0 Å². The zero-order chi connectivity index (χ0) is 58.9. The van der Waals surface area contributed by atoms with Gasteiger partial charge in [-0.05, 0) is 54.4 Å². The molecular weight excluding hydrogens is 1070 g/mol. The van der Waals surface area contributed by atoms with Gasteiger partial charge in [0, 0.05) is 72.5 Å². The second-order valence-corrected chi connectivity index (χ2v) is 20.4. The van der Waals surface area contributed by atoms with Gasteiger partial charge < -0.3 is 0 Å². The Morgan fingerprint density at radius 3 is 0.816 bits per heavy atom. The van der Waals surface area contributed by atoms with Gasteiger partial charge in [0.2, 0.25) is 0 Å². The van der Waals surface area contributed by atoms with Crippen molar-refractivity contribution in [2.75, 3.05) is 0 Å². The highest BCUT2D eigenvalue weighted by Gasteiger charge is 2.23. The standard InChI is InChI=1S/C75H51N11O/c1-49(51-27-11-3-12-28-51)76-66(52-29-13-4-14-30-52)77-50(2)59-43-60(45-62(44-59)73-81-67(53-31-15-5-16-32-53)78-68(82-73)54-33-17-6-18-34-54)65(87)61-46-63(74-83-69(55-35-19-7-20-36-55)79-70(84-74)56-37-21-8-22-38-56)48-64(47-61)75-85-71(57-39-23-9-24-40-57)80-72(86-75)58-41-25-10-26-42-58/h3-48H,1H2,2H3. The van der Waals surface area contributed by atoms with Crippen LogP contribution < -0.4 is 0 Å². The van der Waals surface area contributed by atoms with Crippen molar-refractivity contribution in [3.8, 4) is 102 Å². The van der Waals surface area contributed by atoms with E-state index in [1.807, 2.05) is 286 Å². The van der Waals surface area contributed by atoms with Crippen molar-refractivity contribution in [3.05, 3.63) is 313 Å². The third-order valence-corrected chi connectivity index (χ3v) is 14.3. The highest BCUT2D eigenvalue weighted by molar-refractivity contribution is 6.15. The van der Waals surface area contributed by atoms with E-state index in [0.717, 1.165) is 44.5 Å². The fraction of sp³-hybridized carbons (Fsp3) is 0.0133. The number of rotatable bonds is 15. The van der Waals surface area contributed by atoms with Gasteiger partial charge in [0.05, 0.1) is 5.70 Å². The van der Waals surface area contributed by atoms with Gasteiger partial charge >= 0.3 is 0 Å². The number of amidine groups is 1. The Kier molecular flexibility index (Phi) is 15.5. The van der Waals surface area contributed by atoms with Gasteiger partial charge in [-0.25, -0.2) is 54.8 Å². The quantitative estimate of drug-likeness (QED) is 0.0549. The number of hydrogen-bond acceptors (Lipinski definition) is 11. The Morgan fingerprint density at radius 2 is 0.506 bits per heavy atom. The first kappa shape index (κ1) is 54.2. The summed E-state index contributed by atoms with van der Waals surface area (Å²) in [5.41, 5.74) is 10.3. The van der Waals surface area contributed by atoms with E-state index in [0.29, 0.717) is 103 Å². The second kappa shape index (κ2) is 24.8. The summed E-state index contributed by atoms with van der Waals surface area (Å²) in [5.74, 6) is 3.82. The molecule has 0 radical (unpaired) electrons. The van der Waals surface area contributed by atoms with E-state index >= 15 is 4.79 Å². The molecule has 10 aromatic carbocycles. The summed E-state index contributed by atoms with van der Waals surface area (Å²) < 4.78 is 0. The average Bonchev–Trinajstić information content (AvgIpc) is 2.10. The number of carbonyl (C=O) groups is 1. The maximum Gasteiger partial charge on any atom is 0.193 e. The summed E-state index contributed by atoms with van der Waals surface area (Å²) >= 11 is 0. The van der Waals surface area contributed by atoms with E-state index in [-0.39, 0.29) is 5.78 Å². The number of ketones is 1. The van der Waals surface area contributed by atoms with Crippen molar-refractivity contribution in [1.29, 1.82) is 0 Å². The zero-order valence-corrected chi connectivity index (χ0v) is 47.1. The number of aliphatic imine (C=N–C) groups is 2. The molecule has 0 aliphatic carbocycles. The molecule has 0 aliphatic heterocycles. The summed E-state index contributed by atoms with van der Waals surface area (Å²) in [6.45, 7) is 6.25. The molecule has 0 spiro atoms. The van der Waals surface area contributed by atoms with E-state index in [1.54, 1.807) is 0 Å². The average molecular weight is 1120 g/mol. The predicted molar refractivity (Wildman–Crippen MR) is 346 cm³/mol. The van der Waals surface area contributed by atoms with E-state index in [1.165, 1.54) is 0 Å². The Labute approximate surface area is 503 Å². The third-order valence-electron chi connectivity index (χ3n) is 14.3. The normalized spacial score (nSPS) is 11.5. The molecule has 0 aliphatic rings. The summed E-state index contributed by atoms with van der Waals surface area (Å²) in [6.07, 6.45) is 0. The van der Waals surface area contributed by atoms with Gasteiger partial charge in [-0.2, -0.15) is 0 Å². The molecule has 12 nitrogen and oxygen atoms in total. The van der Waals surface area contributed by atoms with Gasteiger partial charge in [0.1, 0.15) is 0 Å². The van der Waals surface area contributed by atoms with Crippen molar-refractivity contribution in [2.24, 2.45) is 9.98 Å². The molecule has 0 N–H and O–H groups in total. The molecule has 0 amide bonds. The lowest BCUT2D eigenvalue weighted by Crippen LogP contribution is -2.09. The number of carbonyl (C=O) groups excluding carboxylic acids is 1. The van der Waals surface area contributed by atoms with Crippen molar-refractivity contribution in [1.82, 2.24) is 44.9 Å². The lowest BCUT2D eigenvalue weighted by atomic mass is 9.94.